The first-order valence-corrected chi connectivity index (χ1v) is 5.95. The zero-order valence-electron chi connectivity index (χ0n) is 10.3. The number of anilines is 1. The normalized spacial score (nSPS) is 14.5. The fraction of sp³-hybridized carbons (Fsp3) is 0.545. The first kappa shape index (κ1) is 12.4. The van der Waals surface area contributed by atoms with Crippen LogP contribution in [-0.4, -0.2) is 39.1 Å². The number of likely N-dealkylation sites (N-methyl/N-ethyl adjacent to an activating group) is 1. The van der Waals surface area contributed by atoms with Crippen molar-refractivity contribution in [2.24, 2.45) is 5.73 Å². The summed E-state index contributed by atoms with van der Waals surface area (Å²) in [5.74, 6) is -0.702. The summed E-state index contributed by atoms with van der Waals surface area (Å²) < 4.78 is 1.36. The van der Waals surface area contributed by atoms with Gasteiger partial charge >= 0.3 is 0 Å². The third-order valence-electron chi connectivity index (χ3n) is 2.97. The van der Waals surface area contributed by atoms with E-state index in [0.29, 0.717) is 12.6 Å². The molecule has 4 N–H and O–H groups in total. The van der Waals surface area contributed by atoms with E-state index in [1.807, 2.05) is 11.8 Å². The number of primary amides is 1. The van der Waals surface area contributed by atoms with Crippen LogP contribution >= 0.6 is 0 Å². The highest BCUT2D eigenvalue weighted by Crippen LogP contribution is 2.26. The van der Waals surface area contributed by atoms with Gasteiger partial charge in [-0.15, -0.1) is 0 Å². The van der Waals surface area contributed by atoms with E-state index >= 15 is 0 Å². The van der Waals surface area contributed by atoms with Crippen molar-refractivity contribution >= 4 is 17.5 Å². The van der Waals surface area contributed by atoms with E-state index in [2.05, 4.69) is 5.10 Å². The Hall–Kier alpha value is -2.05. The average Bonchev–Trinajstić information content (AvgIpc) is 3.04. The van der Waals surface area contributed by atoms with Crippen LogP contribution < -0.4 is 11.5 Å². The summed E-state index contributed by atoms with van der Waals surface area (Å²) in [4.78, 5) is 24.8. The second kappa shape index (κ2) is 4.67. The smallest absolute Gasteiger partial charge is 0.271 e. The minimum atomic E-state index is -0.687. The first-order valence-electron chi connectivity index (χ1n) is 5.95. The second-order valence-electron chi connectivity index (χ2n) is 4.41. The minimum absolute atomic E-state index is 0.0114. The van der Waals surface area contributed by atoms with E-state index < -0.39 is 5.91 Å². The molecule has 0 aromatic carbocycles. The molecule has 1 aromatic rings. The van der Waals surface area contributed by atoms with Crippen LogP contribution in [0, 0.1) is 0 Å². The molecule has 0 spiro atoms. The molecule has 1 aromatic heterocycles. The number of carbonyl (C=O) groups is 2. The molecule has 0 unspecified atom stereocenters. The lowest BCUT2D eigenvalue weighted by atomic mass is 10.4. The number of aromatic nitrogens is 2. The van der Waals surface area contributed by atoms with Crippen LogP contribution in [0.25, 0.3) is 0 Å². The number of hydrogen-bond acceptors (Lipinski definition) is 4. The average molecular weight is 251 g/mol. The van der Waals surface area contributed by atoms with Crippen LogP contribution in [0.2, 0.25) is 0 Å². The Balaban J connectivity index is 2.06. The van der Waals surface area contributed by atoms with Gasteiger partial charge in [-0.05, 0) is 19.8 Å². The molecule has 1 aliphatic rings. The number of nitrogens with two attached hydrogens (primary N) is 2. The van der Waals surface area contributed by atoms with E-state index in [1.165, 1.54) is 10.9 Å². The fourth-order valence-electron chi connectivity index (χ4n) is 1.96. The predicted octanol–water partition coefficient (Wildman–Crippen LogP) is -0.425. The highest BCUT2D eigenvalue weighted by atomic mass is 16.2. The molecule has 1 saturated carbocycles. The van der Waals surface area contributed by atoms with E-state index in [0.717, 1.165) is 12.8 Å². The Kier molecular flexibility index (Phi) is 3.22. The molecule has 98 valence electrons. The Morgan fingerprint density at radius 2 is 2.22 bits per heavy atom. The van der Waals surface area contributed by atoms with Crippen molar-refractivity contribution in [2.75, 3.05) is 12.3 Å². The second-order valence-corrected chi connectivity index (χ2v) is 4.41. The minimum Gasteiger partial charge on any atom is -0.396 e. The molecule has 1 fully saturated rings. The molecule has 7 heteroatoms. The fourth-order valence-corrected chi connectivity index (χ4v) is 1.96. The molecule has 0 aliphatic heterocycles. The van der Waals surface area contributed by atoms with Gasteiger partial charge in [-0.2, -0.15) is 5.10 Å². The third-order valence-corrected chi connectivity index (χ3v) is 2.97. The van der Waals surface area contributed by atoms with Crippen LogP contribution in [0.3, 0.4) is 0 Å². The molecule has 0 bridgehead atoms. The summed E-state index contributed by atoms with van der Waals surface area (Å²) in [7, 11) is 0. The molecule has 0 radical (unpaired) electrons. The SMILES string of the molecule is CCN(C(=O)Cn1cc(N)c(C(N)=O)n1)C1CC1. The monoisotopic (exact) mass is 251 g/mol. The van der Waals surface area contributed by atoms with Gasteiger partial charge in [-0.25, -0.2) is 0 Å². The lowest BCUT2D eigenvalue weighted by Crippen LogP contribution is -2.35. The zero-order valence-corrected chi connectivity index (χ0v) is 10.3. The molecular formula is C11H17N5O2. The van der Waals surface area contributed by atoms with Gasteiger partial charge in [-0.3, -0.25) is 14.3 Å². The zero-order chi connectivity index (χ0) is 13.3. The van der Waals surface area contributed by atoms with Crippen molar-refractivity contribution in [3.05, 3.63) is 11.9 Å². The molecule has 18 heavy (non-hydrogen) atoms. The van der Waals surface area contributed by atoms with Gasteiger partial charge < -0.3 is 16.4 Å². The maximum absolute atomic E-state index is 12.0. The van der Waals surface area contributed by atoms with Crippen LogP contribution in [0.15, 0.2) is 6.20 Å². The Morgan fingerprint density at radius 3 is 2.67 bits per heavy atom. The van der Waals surface area contributed by atoms with Gasteiger partial charge in [0.25, 0.3) is 5.91 Å². The summed E-state index contributed by atoms with van der Waals surface area (Å²) >= 11 is 0. The van der Waals surface area contributed by atoms with E-state index in [9.17, 15) is 9.59 Å². The molecular weight excluding hydrogens is 234 g/mol. The van der Waals surface area contributed by atoms with Crippen LogP contribution in [0.4, 0.5) is 5.69 Å². The third kappa shape index (κ3) is 2.44. The van der Waals surface area contributed by atoms with Crippen molar-refractivity contribution in [3.63, 3.8) is 0 Å². The van der Waals surface area contributed by atoms with Crippen molar-refractivity contribution in [1.82, 2.24) is 14.7 Å². The van der Waals surface area contributed by atoms with Gasteiger partial charge in [0.1, 0.15) is 6.54 Å². The number of nitrogens with zero attached hydrogens (tertiary/aromatic N) is 3. The summed E-state index contributed by atoms with van der Waals surface area (Å²) in [6, 6.07) is 0.367. The van der Waals surface area contributed by atoms with E-state index in [4.69, 9.17) is 11.5 Å². The number of carbonyl (C=O) groups excluding carboxylic acids is 2. The van der Waals surface area contributed by atoms with Crippen molar-refractivity contribution < 1.29 is 9.59 Å². The molecule has 1 aliphatic carbocycles. The molecule has 7 nitrogen and oxygen atoms in total. The first-order chi connectivity index (χ1) is 8.52. The van der Waals surface area contributed by atoms with E-state index in [1.54, 1.807) is 0 Å². The maximum Gasteiger partial charge on any atom is 0.271 e. The van der Waals surface area contributed by atoms with E-state index in [-0.39, 0.29) is 23.8 Å². The summed E-state index contributed by atoms with van der Waals surface area (Å²) in [6.07, 6.45) is 3.58. The van der Waals surface area contributed by atoms with Crippen molar-refractivity contribution in [2.45, 2.75) is 32.4 Å². The molecule has 1 heterocycles. The lowest BCUT2D eigenvalue weighted by Gasteiger charge is -2.20. The van der Waals surface area contributed by atoms with Gasteiger partial charge in [0, 0.05) is 18.8 Å². The Morgan fingerprint density at radius 1 is 1.56 bits per heavy atom. The van der Waals surface area contributed by atoms with Gasteiger partial charge in [-0.1, -0.05) is 0 Å². The molecule has 2 rings (SSSR count). The number of hydrogen-bond donors (Lipinski definition) is 2. The standard InChI is InChI=1S/C11H17N5O2/c1-2-16(7-3-4-7)9(17)6-15-5-8(12)10(14-15)11(13)18/h5,7H,2-4,6,12H2,1H3,(H2,13,18). The topological polar surface area (TPSA) is 107 Å². The van der Waals surface area contributed by atoms with Crippen molar-refractivity contribution in [3.8, 4) is 0 Å². The number of nitrogen functional groups attached to an aromatic ring is 1. The molecule has 0 saturated heterocycles. The lowest BCUT2D eigenvalue weighted by molar-refractivity contribution is -0.132. The quantitative estimate of drug-likeness (QED) is 0.740. The Labute approximate surface area is 105 Å². The molecule has 2 amide bonds. The largest absolute Gasteiger partial charge is 0.396 e. The number of rotatable bonds is 5. The van der Waals surface area contributed by atoms with Gasteiger partial charge in [0.05, 0.1) is 5.69 Å². The van der Waals surface area contributed by atoms with Crippen LogP contribution in [0.1, 0.15) is 30.3 Å². The summed E-state index contributed by atoms with van der Waals surface area (Å²) in [6.45, 7) is 2.72. The van der Waals surface area contributed by atoms with Crippen molar-refractivity contribution in [1.29, 1.82) is 0 Å². The Bertz CT molecular complexity index is 478. The number of amides is 2. The predicted molar refractivity (Wildman–Crippen MR) is 65.6 cm³/mol. The highest BCUT2D eigenvalue weighted by molar-refractivity contribution is 5.95. The van der Waals surface area contributed by atoms with Crippen LogP contribution in [-0.2, 0) is 11.3 Å². The van der Waals surface area contributed by atoms with Crippen LogP contribution in [0.5, 0.6) is 0 Å². The summed E-state index contributed by atoms with van der Waals surface area (Å²) in [5.41, 5.74) is 10.9. The van der Waals surface area contributed by atoms with Gasteiger partial charge in [0.15, 0.2) is 5.69 Å². The maximum atomic E-state index is 12.0. The highest BCUT2D eigenvalue weighted by Gasteiger charge is 2.31. The van der Waals surface area contributed by atoms with Gasteiger partial charge in [0.2, 0.25) is 5.91 Å². The molecule has 0 atom stereocenters. The summed E-state index contributed by atoms with van der Waals surface area (Å²) in [5, 5.41) is 3.92.